The van der Waals surface area contributed by atoms with E-state index < -0.39 is 0 Å². The number of allylic oxidation sites excluding steroid dienone is 12. The molecule has 1 heteroatoms. The van der Waals surface area contributed by atoms with Gasteiger partial charge in [-0.1, -0.05) is 115 Å². The SMILES string of the molecule is C1#Cc2c(c3cc(C4C=CCC(C5CCC6=C(CCC=C6)C6=C5CC=CC=C6)C4)ccc3n2-c2cccc(-c3ccc4ccccc4c3)c2)CC1. The van der Waals surface area contributed by atoms with Crippen LogP contribution in [-0.2, 0) is 6.42 Å². The van der Waals surface area contributed by atoms with Crippen molar-refractivity contribution in [1.29, 1.82) is 0 Å². The van der Waals surface area contributed by atoms with Gasteiger partial charge < -0.3 is 4.57 Å². The van der Waals surface area contributed by atoms with Gasteiger partial charge in [0.15, 0.2) is 0 Å². The summed E-state index contributed by atoms with van der Waals surface area (Å²) in [4.78, 5) is 0. The first-order chi connectivity index (χ1) is 25.3. The highest BCUT2D eigenvalue weighted by Gasteiger charge is 2.33. The zero-order valence-corrected chi connectivity index (χ0v) is 29.2. The van der Waals surface area contributed by atoms with Crippen molar-refractivity contribution in [2.24, 2.45) is 11.8 Å². The maximum Gasteiger partial charge on any atom is 0.101 e. The number of aryl methyl sites for hydroxylation is 1. The fourth-order valence-corrected chi connectivity index (χ4v) is 9.83. The lowest BCUT2D eigenvalue weighted by Crippen LogP contribution is -2.22. The van der Waals surface area contributed by atoms with E-state index >= 15 is 0 Å². The van der Waals surface area contributed by atoms with Crippen LogP contribution in [-0.4, -0.2) is 4.57 Å². The van der Waals surface area contributed by atoms with Crippen molar-refractivity contribution in [3.63, 3.8) is 0 Å². The Balaban J connectivity index is 0.996. The summed E-state index contributed by atoms with van der Waals surface area (Å²) in [5, 5.41) is 3.93. The third-order valence-electron chi connectivity index (χ3n) is 12.3. The molecular formula is C50H43N. The highest BCUT2D eigenvalue weighted by Crippen LogP contribution is 2.47. The van der Waals surface area contributed by atoms with Crippen molar-refractivity contribution >= 4 is 21.7 Å². The Morgan fingerprint density at radius 3 is 2.67 bits per heavy atom. The summed E-state index contributed by atoms with van der Waals surface area (Å²) >= 11 is 0. The second-order valence-corrected chi connectivity index (χ2v) is 15.1. The van der Waals surface area contributed by atoms with Crippen molar-refractivity contribution in [3.8, 4) is 28.7 Å². The van der Waals surface area contributed by atoms with Crippen LogP contribution in [0.3, 0.4) is 0 Å². The number of fused-ring (bicyclic) bond motifs is 5. The monoisotopic (exact) mass is 657 g/mol. The Hall–Kier alpha value is -5.32. The minimum atomic E-state index is 0.435. The van der Waals surface area contributed by atoms with Crippen molar-refractivity contribution in [3.05, 3.63) is 173 Å². The average molecular weight is 658 g/mol. The van der Waals surface area contributed by atoms with Crippen LogP contribution < -0.4 is 0 Å². The second kappa shape index (κ2) is 12.8. The fraction of sp³-hybridized carbons (Fsp3) is 0.240. The van der Waals surface area contributed by atoms with Crippen LogP contribution in [0.4, 0.5) is 0 Å². The molecule has 0 saturated carbocycles. The molecule has 0 bridgehead atoms. The van der Waals surface area contributed by atoms with Crippen LogP contribution in [0.1, 0.15) is 74.1 Å². The third-order valence-corrected chi connectivity index (χ3v) is 12.3. The molecule has 0 saturated heterocycles. The summed E-state index contributed by atoms with van der Waals surface area (Å²) in [6.45, 7) is 0. The highest BCUT2D eigenvalue weighted by molar-refractivity contribution is 5.91. The number of rotatable bonds is 4. The number of nitrogens with zero attached hydrogens (tertiary/aromatic N) is 1. The topological polar surface area (TPSA) is 4.93 Å². The lowest BCUT2D eigenvalue weighted by molar-refractivity contribution is 0.316. The molecule has 1 heterocycles. The molecule has 0 N–H and O–H groups in total. The number of aromatic nitrogens is 1. The average Bonchev–Trinajstić information content (AvgIpc) is 3.28. The summed E-state index contributed by atoms with van der Waals surface area (Å²) in [5.41, 5.74) is 15.5. The molecule has 5 aliphatic carbocycles. The van der Waals surface area contributed by atoms with Gasteiger partial charge in [0.2, 0.25) is 0 Å². The van der Waals surface area contributed by atoms with Crippen molar-refractivity contribution in [2.75, 3.05) is 0 Å². The largest absolute Gasteiger partial charge is 0.302 e. The predicted octanol–water partition coefficient (Wildman–Crippen LogP) is 12.7. The maximum atomic E-state index is 3.58. The Bertz CT molecular complexity index is 2470. The number of benzene rings is 4. The quantitative estimate of drug-likeness (QED) is 0.134. The molecule has 3 atom stereocenters. The molecule has 0 amide bonds. The van der Waals surface area contributed by atoms with Crippen molar-refractivity contribution < 1.29 is 0 Å². The van der Waals surface area contributed by atoms with E-state index in [0.717, 1.165) is 19.3 Å². The zero-order valence-electron chi connectivity index (χ0n) is 29.2. The molecule has 51 heavy (non-hydrogen) atoms. The molecule has 4 aromatic carbocycles. The van der Waals surface area contributed by atoms with Crippen LogP contribution in [0.5, 0.6) is 0 Å². The van der Waals surface area contributed by atoms with E-state index in [-0.39, 0.29) is 0 Å². The van der Waals surface area contributed by atoms with Gasteiger partial charge in [0.25, 0.3) is 0 Å². The number of hydrogen-bond acceptors (Lipinski definition) is 0. The minimum Gasteiger partial charge on any atom is -0.302 e. The van der Waals surface area contributed by atoms with Gasteiger partial charge in [-0.25, -0.2) is 0 Å². The van der Waals surface area contributed by atoms with Gasteiger partial charge in [-0.2, -0.15) is 0 Å². The van der Waals surface area contributed by atoms with E-state index in [4.69, 9.17) is 0 Å². The molecule has 3 unspecified atom stereocenters. The van der Waals surface area contributed by atoms with Gasteiger partial charge in [-0.05, 0) is 149 Å². The first kappa shape index (κ1) is 30.5. The van der Waals surface area contributed by atoms with E-state index in [1.807, 2.05) is 0 Å². The van der Waals surface area contributed by atoms with Crippen LogP contribution >= 0.6 is 0 Å². The molecule has 248 valence electrons. The van der Waals surface area contributed by atoms with Crippen LogP contribution in [0, 0.1) is 23.7 Å². The van der Waals surface area contributed by atoms with E-state index in [1.165, 1.54) is 93.8 Å². The summed E-state index contributed by atoms with van der Waals surface area (Å²) in [6.07, 6.45) is 29.5. The summed E-state index contributed by atoms with van der Waals surface area (Å²) in [7, 11) is 0. The molecule has 0 spiro atoms. The van der Waals surface area contributed by atoms with E-state index in [0.29, 0.717) is 17.8 Å². The Morgan fingerprint density at radius 2 is 1.69 bits per heavy atom. The smallest absolute Gasteiger partial charge is 0.101 e. The van der Waals surface area contributed by atoms with Crippen molar-refractivity contribution in [2.45, 2.75) is 63.7 Å². The molecule has 1 nitrogen and oxygen atoms in total. The van der Waals surface area contributed by atoms with Gasteiger partial charge in [0, 0.05) is 23.4 Å². The zero-order chi connectivity index (χ0) is 33.7. The molecule has 0 radical (unpaired) electrons. The van der Waals surface area contributed by atoms with Gasteiger partial charge >= 0.3 is 0 Å². The van der Waals surface area contributed by atoms with Gasteiger partial charge in [0.1, 0.15) is 5.69 Å². The molecule has 5 aliphatic rings. The minimum absolute atomic E-state index is 0.435. The molecule has 0 aliphatic heterocycles. The van der Waals surface area contributed by atoms with Gasteiger partial charge in [0.05, 0.1) is 5.52 Å². The predicted molar refractivity (Wildman–Crippen MR) is 214 cm³/mol. The van der Waals surface area contributed by atoms with Gasteiger partial charge in [-0.3, -0.25) is 0 Å². The van der Waals surface area contributed by atoms with Crippen LogP contribution in [0.25, 0.3) is 38.5 Å². The number of hydrogen-bond donors (Lipinski definition) is 0. The van der Waals surface area contributed by atoms with E-state index in [1.54, 1.807) is 22.3 Å². The van der Waals surface area contributed by atoms with Crippen LogP contribution in [0.2, 0.25) is 0 Å². The molecular weight excluding hydrogens is 615 g/mol. The summed E-state index contributed by atoms with van der Waals surface area (Å²) < 4.78 is 2.43. The normalized spacial score (nSPS) is 22.3. The molecule has 0 fully saturated rings. The van der Waals surface area contributed by atoms with E-state index in [9.17, 15) is 0 Å². The van der Waals surface area contributed by atoms with Crippen molar-refractivity contribution in [1.82, 2.24) is 4.57 Å². The highest BCUT2D eigenvalue weighted by atomic mass is 15.0. The fourth-order valence-electron chi connectivity index (χ4n) is 9.83. The standard InChI is InChI=1S/C50H43N/c1-2-20-45-43-19-7-6-13-35(43)26-28-44(46(45)21-3-1)41-17-10-15-37(31-41)40-27-29-50-48(33-40)47-22-8-9-23-49(47)51(50)42-18-11-16-38(32-42)39-25-24-34-12-4-5-14-36(34)30-39/h1-6,10-16,18,20,24-25,27,29-30,32-33,37,41,44H,7-8,17,19,21-22,26,28,31H2. The first-order valence-electron chi connectivity index (χ1n) is 19.2. The van der Waals surface area contributed by atoms with Crippen LogP contribution in [0.15, 0.2) is 156 Å². The third kappa shape index (κ3) is 5.41. The molecule has 5 aromatic rings. The summed E-state index contributed by atoms with van der Waals surface area (Å²) in [6, 6.07) is 31.8. The van der Waals surface area contributed by atoms with E-state index in [2.05, 4.69) is 150 Å². The maximum absolute atomic E-state index is 3.58. The molecule has 10 rings (SSSR count). The lowest BCUT2D eigenvalue weighted by atomic mass is 9.71. The lowest BCUT2D eigenvalue weighted by Gasteiger charge is -2.34. The Morgan fingerprint density at radius 1 is 0.745 bits per heavy atom. The summed E-state index contributed by atoms with van der Waals surface area (Å²) in [5.74, 6) is 8.75. The van der Waals surface area contributed by atoms with Gasteiger partial charge in [-0.15, -0.1) is 0 Å². The molecule has 1 aromatic heterocycles. The Kier molecular flexibility index (Phi) is 7.64. The second-order valence-electron chi connectivity index (χ2n) is 15.1. The first-order valence-corrected chi connectivity index (χ1v) is 19.2. The Labute approximate surface area is 302 Å².